The first kappa shape index (κ1) is 20.1. The molecule has 0 atom stereocenters. The monoisotopic (exact) mass is 402 g/mol. The summed E-state index contributed by atoms with van der Waals surface area (Å²) in [5.74, 6) is -0.196. The number of carbonyl (C=O) groups is 2. The molecule has 3 rings (SSSR count). The van der Waals surface area contributed by atoms with Gasteiger partial charge in [0.15, 0.2) is 0 Å². The van der Waals surface area contributed by atoms with Crippen LogP contribution in [0.4, 0.5) is 5.69 Å². The number of anilines is 1. The number of carbonyl (C=O) groups excluding carboxylic acids is 2. The number of thiocarbonyl (C=S) groups is 1. The van der Waals surface area contributed by atoms with Gasteiger partial charge in [0.05, 0.1) is 16.2 Å². The van der Waals surface area contributed by atoms with E-state index in [1.165, 1.54) is 31.0 Å². The molecule has 0 bridgehead atoms. The zero-order valence-corrected chi connectivity index (χ0v) is 17.6. The lowest BCUT2D eigenvalue weighted by molar-refractivity contribution is -0.122. The molecule has 0 aliphatic carbocycles. The van der Waals surface area contributed by atoms with Gasteiger partial charge in [-0.1, -0.05) is 81.7 Å². The number of hydrogen-bond donors (Lipinski definition) is 0. The van der Waals surface area contributed by atoms with Gasteiger partial charge in [0.1, 0.15) is 4.32 Å². The van der Waals surface area contributed by atoms with Gasteiger partial charge in [0, 0.05) is 18.7 Å². The van der Waals surface area contributed by atoms with E-state index in [0.29, 0.717) is 27.9 Å². The summed E-state index contributed by atoms with van der Waals surface area (Å²) < 4.78 is 0.549. The fourth-order valence-electron chi connectivity index (χ4n) is 3.56. The highest BCUT2D eigenvalue weighted by molar-refractivity contribution is 8.26. The summed E-state index contributed by atoms with van der Waals surface area (Å²) in [5.41, 5.74) is 2.29. The average Bonchev–Trinajstić information content (AvgIpc) is 3.09. The molecule has 1 aromatic carbocycles. The molecule has 2 heterocycles. The van der Waals surface area contributed by atoms with E-state index in [-0.39, 0.29) is 11.8 Å². The van der Waals surface area contributed by atoms with Gasteiger partial charge in [-0.2, -0.15) is 0 Å². The largest absolute Gasteiger partial charge is 0.308 e. The number of thioether (sulfide) groups is 1. The first-order valence-corrected chi connectivity index (χ1v) is 11.0. The summed E-state index contributed by atoms with van der Waals surface area (Å²) in [6.07, 6.45) is 6.56. The number of fused-ring (bicyclic) bond motifs is 1. The maximum atomic E-state index is 13.2. The van der Waals surface area contributed by atoms with Crippen molar-refractivity contribution in [3.8, 4) is 0 Å². The number of benzene rings is 1. The van der Waals surface area contributed by atoms with Crippen molar-refractivity contribution in [3.63, 3.8) is 0 Å². The van der Waals surface area contributed by atoms with Gasteiger partial charge in [-0.15, -0.1) is 0 Å². The predicted molar refractivity (Wildman–Crippen MR) is 117 cm³/mol. The van der Waals surface area contributed by atoms with Crippen LogP contribution in [0.5, 0.6) is 0 Å². The molecule has 2 amide bonds. The van der Waals surface area contributed by atoms with Crippen LogP contribution in [-0.2, 0) is 9.59 Å². The zero-order chi connectivity index (χ0) is 19.4. The Kier molecular flexibility index (Phi) is 6.71. The first-order valence-electron chi connectivity index (χ1n) is 9.79. The van der Waals surface area contributed by atoms with Gasteiger partial charge in [-0.05, 0) is 18.9 Å². The number of para-hydroxylation sites is 1. The topological polar surface area (TPSA) is 40.6 Å². The van der Waals surface area contributed by atoms with Gasteiger partial charge in [-0.25, -0.2) is 0 Å². The lowest BCUT2D eigenvalue weighted by Gasteiger charge is -2.17. The Balaban J connectivity index is 1.88. The standard InChI is InChI=1S/C21H26N2O2S2/c1-3-5-6-7-10-14-22-16-12-9-8-11-15(16)17(19(22)24)18-20(25)23(13-4-2)21(26)27-18/h8-9,11-12H,3-7,10,13-14H2,1-2H3/b18-17+. The Morgan fingerprint density at radius 2 is 1.63 bits per heavy atom. The van der Waals surface area contributed by atoms with Crippen molar-refractivity contribution in [1.29, 1.82) is 0 Å². The van der Waals surface area contributed by atoms with Crippen LogP contribution in [-0.4, -0.2) is 34.1 Å². The van der Waals surface area contributed by atoms with E-state index in [9.17, 15) is 9.59 Å². The minimum absolute atomic E-state index is 0.0660. The van der Waals surface area contributed by atoms with Crippen LogP contribution in [0.2, 0.25) is 0 Å². The van der Waals surface area contributed by atoms with Crippen molar-refractivity contribution in [2.24, 2.45) is 0 Å². The molecule has 0 aromatic heterocycles. The number of nitrogens with zero attached hydrogens (tertiary/aromatic N) is 2. The van der Waals surface area contributed by atoms with Crippen LogP contribution in [0.15, 0.2) is 29.2 Å². The molecule has 6 heteroatoms. The highest BCUT2D eigenvalue weighted by atomic mass is 32.2. The molecular weight excluding hydrogens is 376 g/mol. The molecule has 27 heavy (non-hydrogen) atoms. The quantitative estimate of drug-likeness (QED) is 0.349. The molecule has 2 aliphatic rings. The van der Waals surface area contributed by atoms with Crippen molar-refractivity contribution in [2.75, 3.05) is 18.0 Å². The summed E-state index contributed by atoms with van der Waals surface area (Å²) in [6.45, 7) is 5.50. The van der Waals surface area contributed by atoms with Crippen molar-refractivity contribution < 1.29 is 9.59 Å². The van der Waals surface area contributed by atoms with Gasteiger partial charge in [0.25, 0.3) is 11.8 Å². The van der Waals surface area contributed by atoms with E-state index in [2.05, 4.69) is 6.92 Å². The van der Waals surface area contributed by atoms with Crippen molar-refractivity contribution in [2.45, 2.75) is 52.4 Å². The van der Waals surface area contributed by atoms with E-state index < -0.39 is 0 Å². The molecule has 1 fully saturated rings. The fourth-order valence-corrected chi connectivity index (χ4v) is 4.94. The van der Waals surface area contributed by atoms with Gasteiger partial charge in [-0.3, -0.25) is 14.5 Å². The Morgan fingerprint density at radius 1 is 0.889 bits per heavy atom. The molecular formula is C21H26N2O2S2. The van der Waals surface area contributed by atoms with Crippen LogP contribution in [0, 0.1) is 0 Å². The molecule has 4 nitrogen and oxygen atoms in total. The van der Waals surface area contributed by atoms with Crippen LogP contribution in [0.1, 0.15) is 57.9 Å². The Labute approximate surface area is 171 Å². The predicted octanol–water partition coefficient (Wildman–Crippen LogP) is 4.99. The van der Waals surface area contributed by atoms with Crippen molar-refractivity contribution in [1.82, 2.24) is 4.90 Å². The molecule has 0 unspecified atom stereocenters. The Morgan fingerprint density at radius 3 is 2.37 bits per heavy atom. The number of unbranched alkanes of at least 4 members (excludes halogenated alkanes) is 4. The number of hydrogen-bond acceptors (Lipinski definition) is 4. The molecule has 1 saturated heterocycles. The molecule has 0 radical (unpaired) electrons. The second-order valence-electron chi connectivity index (χ2n) is 6.92. The van der Waals surface area contributed by atoms with Crippen LogP contribution >= 0.6 is 24.0 Å². The van der Waals surface area contributed by atoms with Crippen LogP contribution in [0.25, 0.3) is 5.57 Å². The van der Waals surface area contributed by atoms with Crippen LogP contribution < -0.4 is 4.90 Å². The number of amides is 2. The van der Waals surface area contributed by atoms with E-state index in [0.717, 1.165) is 30.5 Å². The summed E-state index contributed by atoms with van der Waals surface area (Å²) >= 11 is 6.64. The van der Waals surface area contributed by atoms with E-state index in [1.807, 2.05) is 36.1 Å². The Bertz CT molecular complexity index is 788. The van der Waals surface area contributed by atoms with E-state index >= 15 is 0 Å². The first-order chi connectivity index (χ1) is 13.1. The molecule has 144 valence electrons. The van der Waals surface area contributed by atoms with Crippen molar-refractivity contribution >= 4 is 51.4 Å². The van der Waals surface area contributed by atoms with Gasteiger partial charge < -0.3 is 4.90 Å². The highest BCUT2D eigenvalue weighted by Gasteiger charge is 2.41. The molecule has 0 spiro atoms. The lowest BCUT2D eigenvalue weighted by atomic mass is 10.1. The maximum absolute atomic E-state index is 13.2. The summed E-state index contributed by atoms with van der Waals surface area (Å²) in [4.78, 5) is 30.0. The highest BCUT2D eigenvalue weighted by Crippen LogP contribution is 2.44. The molecule has 1 aromatic rings. The minimum Gasteiger partial charge on any atom is -0.308 e. The third-order valence-corrected chi connectivity index (χ3v) is 6.38. The molecule has 0 saturated carbocycles. The molecule has 2 aliphatic heterocycles. The number of rotatable bonds is 8. The zero-order valence-electron chi connectivity index (χ0n) is 16.0. The lowest BCUT2D eigenvalue weighted by Crippen LogP contribution is -2.30. The third-order valence-electron chi connectivity index (χ3n) is 4.93. The second-order valence-corrected chi connectivity index (χ2v) is 8.56. The summed E-state index contributed by atoms with van der Waals surface area (Å²) in [6, 6.07) is 7.77. The second kappa shape index (κ2) is 9.02. The fraction of sp³-hybridized carbons (Fsp3) is 0.476. The maximum Gasteiger partial charge on any atom is 0.267 e. The van der Waals surface area contributed by atoms with E-state index in [4.69, 9.17) is 12.2 Å². The minimum atomic E-state index is -0.130. The normalized spacial score (nSPS) is 19.4. The van der Waals surface area contributed by atoms with Crippen LogP contribution in [0.3, 0.4) is 0 Å². The molecule has 0 N–H and O–H groups in total. The van der Waals surface area contributed by atoms with Gasteiger partial charge in [0.2, 0.25) is 0 Å². The van der Waals surface area contributed by atoms with Gasteiger partial charge >= 0.3 is 0 Å². The summed E-state index contributed by atoms with van der Waals surface area (Å²) in [5, 5.41) is 0. The van der Waals surface area contributed by atoms with E-state index in [1.54, 1.807) is 4.90 Å². The summed E-state index contributed by atoms with van der Waals surface area (Å²) in [7, 11) is 0. The smallest absolute Gasteiger partial charge is 0.267 e. The van der Waals surface area contributed by atoms with Crippen molar-refractivity contribution in [3.05, 3.63) is 34.7 Å². The third kappa shape index (κ3) is 3.97. The average molecular weight is 403 g/mol. The Hall–Kier alpha value is -1.66. The SMILES string of the molecule is CCCCCCCN1C(=O)/C(=C2/SC(=S)N(CCC)C2=O)c2ccccc21.